The van der Waals surface area contributed by atoms with E-state index in [9.17, 15) is 18.0 Å². The van der Waals surface area contributed by atoms with Crippen molar-refractivity contribution in [3.8, 4) is 0 Å². The minimum absolute atomic E-state index is 0.277. The Kier molecular flexibility index (Phi) is 5.93. The second-order valence-corrected chi connectivity index (χ2v) is 8.53. The van der Waals surface area contributed by atoms with Crippen LogP contribution in [0.3, 0.4) is 0 Å². The number of hydrazone groups is 1. The molecule has 1 aliphatic rings. The van der Waals surface area contributed by atoms with Crippen LogP contribution in [0.5, 0.6) is 0 Å². The molecule has 3 aromatic rings. The molecular weight excluding hydrogens is 451 g/mol. The third kappa shape index (κ3) is 4.46. The summed E-state index contributed by atoms with van der Waals surface area (Å²) < 4.78 is 38.7. The summed E-state index contributed by atoms with van der Waals surface area (Å²) in [6.45, 7) is 2.29. The van der Waals surface area contributed by atoms with Crippen LogP contribution >= 0.6 is 11.6 Å². The lowest BCUT2D eigenvalue weighted by molar-refractivity contribution is -0.137. The molecule has 0 spiro atoms. The number of carbonyl (C=O) groups is 1. The summed E-state index contributed by atoms with van der Waals surface area (Å²) in [5, 5.41) is 6.60. The lowest BCUT2D eigenvalue weighted by atomic mass is 9.76. The van der Waals surface area contributed by atoms with Crippen molar-refractivity contribution in [3.63, 3.8) is 0 Å². The van der Waals surface area contributed by atoms with E-state index in [1.807, 2.05) is 49.4 Å². The van der Waals surface area contributed by atoms with Gasteiger partial charge >= 0.3 is 12.2 Å². The zero-order chi connectivity index (χ0) is 23.8. The Balaban J connectivity index is 1.67. The number of hydrogen-bond acceptors (Lipinski definition) is 2. The Hall–Kier alpha value is -3.32. The van der Waals surface area contributed by atoms with Gasteiger partial charge in [-0.15, -0.1) is 0 Å². The Labute approximate surface area is 194 Å². The van der Waals surface area contributed by atoms with Crippen LogP contribution in [0, 0.1) is 0 Å². The molecule has 3 aromatic carbocycles. The number of benzene rings is 3. The minimum Gasteiger partial charge on any atom is -0.296 e. The van der Waals surface area contributed by atoms with Crippen molar-refractivity contribution in [2.24, 2.45) is 5.10 Å². The summed E-state index contributed by atoms with van der Waals surface area (Å²) in [7, 11) is 1.51. The van der Waals surface area contributed by atoms with Crippen molar-refractivity contribution in [1.29, 1.82) is 0 Å². The zero-order valence-corrected chi connectivity index (χ0v) is 18.7. The minimum atomic E-state index is -4.44. The first-order chi connectivity index (χ1) is 15.6. The molecule has 33 heavy (non-hydrogen) atoms. The molecule has 0 aromatic heterocycles. The largest absolute Gasteiger partial charge is 0.416 e. The second-order valence-electron chi connectivity index (χ2n) is 8.10. The maximum atomic E-state index is 13.3. The van der Waals surface area contributed by atoms with Gasteiger partial charge in [-0.1, -0.05) is 54.1 Å². The number of nitrogens with zero attached hydrogens (tertiary/aromatic N) is 3. The van der Waals surface area contributed by atoms with E-state index in [1.165, 1.54) is 29.1 Å². The standard InChI is InChI=1S/C25H21ClF3N3O/c1-24(18-6-4-3-5-7-18)16-32(30-22(24)17-8-12-20(26)13-9-17)23(33)31(2)21-14-10-19(11-15-21)25(27,28)29/h3-15H,16H2,1-2H3. The van der Waals surface area contributed by atoms with Crippen molar-refractivity contribution < 1.29 is 18.0 Å². The molecule has 4 rings (SSSR count). The van der Waals surface area contributed by atoms with Crippen LogP contribution in [-0.4, -0.2) is 30.3 Å². The summed E-state index contributed by atoms with van der Waals surface area (Å²) in [6, 6.07) is 21.0. The molecule has 2 amide bonds. The molecule has 4 nitrogen and oxygen atoms in total. The molecule has 1 atom stereocenters. The molecule has 1 heterocycles. The van der Waals surface area contributed by atoms with Gasteiger partial charge < -0.3 is 0 Å². The van der Waals surface area contributed by atoms with Crippen LogP contribution in [0.4, 0.5) is 23.7 Å². The molecule has 8 heteroatoms. The lowest BCUT2D eigenvalue weighted by Crippen LogP contribution is -2.42. The molecule has 1 unspecified atom stereocenters. The predicted octanol–water partition coefficient (Wildman–Crippen LogP) is 6.59. The molecule has 0 saturated carbocycles. The van der Waals surface area contributed by atoms with E-state index in [0.717, 1.165) is 23.3 Å². The van der Waals surface area contributed by atoms with Crippen molar-refractivity contribution in [2.45, 2.75) is 18.5 Å². The highest BCUT2D eigenvalue weighted by molar-refractivity contribution is 6.30. The number of urea groups is 1. The molecular formula is C25H21ClF3N3O. The normalized spacial score (nSPS) is 18.2. The Morgan fingerprint density at radius 1 is 1.00 bits per heavy atom. The third-order valence-electron chi connectivity index (χ3n) is 5.83. The van der Waals surface area contributed by atoms with Crippen molar-refractivity contribution in [1.82, 2.24) is 5.01 Å². The van der Waals surface area contributed by atoms with Gasteiger partial charge in [0.25, 0.3) is 0 Å². The quantitative estimate of drug-likeness (QED) is 0.424. The number of amides is 2. The van der Waals surface area contributed by atoms with Gasteiger partial charge in [0, 0.05) is 17.8 Å². The zero-order valence-electron chi connectivity index (χ0n) is 18.0. The highest BCUT2D eigenvalue weighted by Gasteiger charge is 2.43. The number of carbonyl (C=O) groups excluding carboxylic acids is 1. The van der Waals surface area contributed by atoms with Gasteiger partial charge in [-0.05, 0) is 54.4 Å². The van der Waals surface area contributed by atoms with Gasteiger partial charge in [-0.25, -0.2) is 9.80 Å². The van der Waals surface area contributed by atoms with E-state index in [4.69, 9.17) is 11.6 Å². The smallest absolute Gasteiger partial charge is 0.296 e. The predicted molar refractivity (Wildman–Crippen MR) is 124 cm³/mol. The first-order valence-electron chi connectivity index (χ1n) is 10.2. The summed E-state index contributed by atoms with van der Waals surface area (Å²) in [5.41, 5.74) is 1.51. The molecule has 0 saturated heterocycles. The van der Waals surface area contributed by atoms with Gasteiger partial charge in [0.05, 0.1) is 23.2 Å². The average Bonchev–Trinajstić information content (AvgIpc) is 3.17. The van der Waals surface area contributed by atoms with E-state index in [2.05, 4.69) is 5.10 Å². The summed E-state index contributed by atoms with van der Waals surface area (Å²) in [5.74, 6) is 0. The van der Waals surface area contributed by atoms with E-state index < -0.39 is 23.2 Å². The van der Waals surface area contributed by atoms with Crippen LogP contribution < -0.4 is 4.90 Å². The fourth-order valence-electron chi connectivity index (χ4n) is 3.93. The third-order valence-corrected chi connectivity index (χ3v) is 6.08. The van der Waals surface area contributed by atoms with E-state index in [0.29, 0.717) is 16.4 Å². The number of alkyl halides is 3. The average molecular weight is 472 g/mol. The first-order valence-corrected chi connectivity index (χ1v) is 10.6. The van der Waals surface area contributed by atoms with Crippen LogP contribution in [0.2, 0.25) is 5.02 Å². The molecule has 0 aliphatic carbocycles. The Morgan fingerprint density at radius 2 is 1.61 bits per heavy atom. The van der Waals surface area contributed by atoms with E-state index in [-0.39, 0.29) is 6.54 Å². The Morgan fingerprint density at radius 3 is 2.18 bits per heavy atom. The van der Waals surface area contributed by atoms with Gasteiger partial charge in [0.2, 0.25) is 0 Å². The fraction of sp³-hybridized carbons (Fsp3) is 0.200. The fourth-order valence-corrected chi connectivity index (χ4v) is 4.05. The van der Waals surface area contributed by atoms with E-state index in [1.54, 1.807) is 12.1 Å². The van der Waals surface area contributed by atoms with Gasteiger partial charge in [-0.3, -0.25) is 4.90 Å². The van der Waals surface area contributed by atoms with Crippen LogP contribution in [0.1, 0.15) is 23.6 Å². The maximum absolute atomic E-state index is 13.3. The van der Waals surface area contributed by atoms with Crippen molar-refractivity contribution in [2.75, 3.05) is 18.5 Å². The summed E-state index contributed by atoms with van der Waals surface area (Å²) in [4.78, 5) is 14.6. The monoisotopic (exact) mass is 471 g/mol. The van der Waals surface area contributed by atoms with Crippen molar-refractivity contribution >= 4 is 29.0 Å². The topological polar surface area (TPSA) is 35.9 Å². The maximum Gasteiger partial charge on any atom is 0.416 e. The van der Waals surface area contributed by atoms with E-state index >= 15 is 0 Å². The number of hydrogen-bond donors (Lipinski definition) is 0. The Bertz CT molecular complexity index is 1180. The van der Waals surface area contributed by atoms with Crippen molar-refractivity contribution in [3.05, 3.63) is 101 Å². The van der Waals surface area contributed by atoms with Gasteiger partial charge in [0.15, 0.2) is 0 Å². The molecule has 0 N–H and O–H groups in total. The first kappa shape index (κ1) is 22.9. The molecule has 1 aliphatic heterocycles. The molecule has 0 bridgehead atoms. The number of halogens is 4. The van der Waals surface area contributed by atoms with Gasteiger partial charge in [-0.2, -0.15) is 18.3 Å². The summed E-state index contributed by atoms with van der Waals surface area (Å²) in [6.07, 6.45) is -4.44. The van der Waals surface area contributed by atoms with Crippen LogP contribution in [0.25, 0.3) is 0 Å². The number of anilines is 1. The molecule has 170 valence electrons. The highest BCUT2D eigenvalue weighted by atomic mass is 35.5. The van der Waals surface area contributed by atoms with Gasteiger partial charge in [0.1, 0.15) is 0 Å². The molecule has 0 fully saturated rings. The highest BCUT2D eigenvalue weighted by Crippen LogP contribution is 2.36. The number of rotatable bonds is 3. The second kappa shape index (κ2) is 8.56. The van der Waals surface area contributed by atoms with Crippen LogP contribution in [-0.2, 0) is 11.6 Å². The SMILES string of the molecule is CN(C(=O)N1CC(C)(c2ccccc2)C(c2ccc(Cl)cc2)=N1)c1ccc(C(F)(F)F)cc1. The lowest BCUT2D eigenvalue weighted by Gasteiger charge is -2.28. The van der Waals surface area contributed by atoms with Crippen LogP contribution in [0.15, 0.2) is 84.0 Å². The molecule has 0 radical (unpaired) electrons. The summed E-state index contributed by atoms with van der Waals surface area (Å²) >= 11 is 6.05.